The number of fused-ring (bicyclic) bond motifs is 1. The molecular weight excluding hydrogens is 132 g/mol. The molecule has 0 aliphatic carbocycles. The minimum absolute atomic E-state index is 1.07. The molecule has 2 nitrogen and oxygen atoms in total. The Morgan fingerprint density at radius 1 is 1.44 bits per heavy atom. The summed E-state index contributed by atoms with van der Waals surface area (Å²) in [6.45, 7) is 0. The highest BCUT2D eigenvalue weighted by Gasteiger charge is 2.10. The van der Waals surface area contributed by atoms with Crippen LogP contribution in [-0.2, 0) is 11.5 Å². The first-order valence-corrected chi connectivity index (χ1v) is 3.98. The minimum Gasteiger partial charge on any atom is -0.244 e. The molecule has 0 N–H and O–H groups in total. The van der Waals surface area contributed by atoms with Crippen molar-refractivity contribution in [3.05, 3.63) is 23.8 Å². The van der Waals surface area contributed by atoms with E-state index < -0.39 is 0 Å². The van der Waals surface area contributed by atoms with Gasteiger partial charge in [0.25, 0.3) is 0 Å². The van der Waals surface area contributed by atoms with Crippen LogP contribution in [-0.4, -0.2) is 9.97 Å². The van der Waals surface area contributed by atoms with Gasteiger partial charge in [0.05, 0.1) is 5.69 Å². The van der Waals surface area contributed by atoms with Crippen LogP contribution in [0.1, 0.15) is 11.3 Å². The molecule has 3 heteroatoms. The Morgan fingerprint density at radius 2 is 2.44 bits per heavy atom. The van der Waals surface area contributed by atoms with Crippen molar-refractivity contribution in [2.45, 2.75) is 11.5 Å². The number of thioether (sulfide) groups is 1. The van der Waals surface area contributed by atoms with Gasteiger partial charge < -0.3 is 0 Å². The summed E-state index contributed by atoms with van der Waals surface area (Å²) in [6.07, 6.45) is 3.52. The Morgan fingerprint density at radius 3 is 3.33 bits per heavy atom. The van der Waals surface area contributed by atoms with Crippen LogP contribution in [0.25, 0.3) is 0 Å². The predicted octanol–water partition coefficient (Wildman–Crippen LogP) is 1.22. The molecule has 1 aromatic heterocycles. The molecular formula is C6H6N2S. The van der Waals surface area contributed by atoms with Crippen molar-refractivity contribution in [3.63, 3.8) is 0 Å². The lowest BCUT2D eigenvalue weighted by molar-refractivity contribution is 1.06. The van der Waals surface area contributed by atoms with Gasteiger partial charge in [0.1, 0.15) is 6.33 Å². The molecule has 0 bridgehead atoms. The average molecular weight is 138 g/mol. The summed E-state index contributed by atoms with van der Waals surface area (Å²) in [5.74, 6) is 2.16. The van der Waals surface area contributed by atoms with Crippen LogP contribution in [0.3, 0.4) is 0 Å². The topological polar surface area (TPSA) is 25.8 Å². The van der Waals surface area contributed by atoms with E-state index in [0.717, 1.165) is 11.5 Å². The van der Waals surface area contributed by atoms with Crippen molar-refractivity contribution >= 4 is 11.8 Å². The summed E-state index contributed by atoms with van der Waals surface area (Å²) >= 11 is 1.90. The van der Waals surface area contributed by atoms with E-state index in [2.05, 4.69) is 9.97 Å². The second-order valence-electron chi connectivity index (χ2n) is 1.99. The second-order valence-corrected chi connectivity index (χ2v) is 2.97. The summed E-state index contributed by atoms with van der Waals surface area (Å²) in [4.78, 5) is 8.06. The summed E-state index contributed by atoms with van der Waals surface area (Å²) in [5.41, 5.74) is 2.53. The van der Waals surface area contributed by atoms with Gasteiger partial charge in [0, 0.05) is 23.3 Å². The Balaban J connectivity index is 2.54. The van der Waals surface area contributed by atoms with E-state index in [-0.39, 0.29) is 0 Å². The molecule has 9 heavy (non-hydrogen) atoms. The molecule has 0 spiro atoms. The third kappa shape index (κ3) is 0.812. The Hall–Kier alpha value is -0.570. The number of hydrogen-bond acceptors (Lipinski definition) is 3. The molecule has 46 valence electrons. The molecule has 0 saturated carbocycles. The first kappa shape index (κ1) is 5.23. The van der Waals surface area contributed by atoms with E-state index in [1.165, 1.54) is 11.3 Å². The van der Waals surface area contributed by atoms with E-state index in [1.54, 1.807) is 6.33 Å². The fourth-order valence-electron chi connectivity index (χ4n) is 0.892. The summed E-state index contributed by atoms with van der Waals surface area (Å²) in [6, 6.07) is 0. The van der Waals surface area contributed by atoms with Gasteiger partial charge in [0.15, 0.2) is 0 Å². The largest absolute Gasteiger partial charge is 0.244 e. The Labute approximate surface area is 57.7 Å². The van der Waals surface area contributed by atoms with Gasteiger partial charge in [-0.2, -0.15) is 11.8 Å². The maximum atomic E-state index is 4.13. The Bertz CT molecular complexity index is 201. The number of hydrogen-bond donors (Lipinski definition) is 0. The fraction of sp³-hybridized carbons (Fsp3) is 0.333. The van der Waals surface area contributed by atoms with Gasteiger partial charge in [-0.15, -0.1) is 0 Å². The molecule has 0 fully saturated rings. The van der Waals surface area contributed by atoms with Gasteiger partial charge in [-0.3, -0.25) is 0 Å². The minimum atomic E-state index is 1.07. The van der Waals surface area contributed by atoms with E-state index in [4.69, 9.17) is 0 Å². The molecule has 0 amide bonds. The quantitative estimate of drug-likeness (QED) is 0.539. The van der Waals surface area contributed by atoms with E-state index in [0.29, 0.717) is 0 Å². The lowest BCUT2D eigenvalue weighted by Crippen LogP contribution is -1.86. The summed E-state index contributed by atoms with van der Waals surface area (Å²) in [7, 11) is 0. The summed E-state index contributed by atoms with van der Waals surface area (Å²) in [5, 5.41) is 0. The monoisotopic (exact) mass is 138 g/mol. The smallest absolute Gasteiger partial charge is 0.115 e. The van der Waals surface area contributed by atoms with Crippen molar-refractivity contribution in [1.29, 1.82) is 0 Å². The van der Waals surface area contributed by atoms with Crippen LogP contribution in [0, 0.1) is 0 Å². The van der Waals surface area contributed by atoms with Crippen LogP contribution in [0.15, 0.2) is 12.5 Å². The lowest BCUT2D eigenvalue weighted by atomic mass is 10.3. The normalized spacial score (nSPS) is 15.6. The first-order valence-electron chi connectivity index (χ1n) is 2.82. The highest BCUT2D eigenvalue weighted by Crippen LogP contribution is 2.26. The molecule has 0 unspecified atom stereocenters. The van der Waals surface area contributed by atoms with E-state index in [1.807, 2.05) is 18.0 Å². The fourth-order valence-corrected chi connectivity index (χ4v) is 1.91. The lowest BCUT2D eigenvalue weighted by Gasteiger charge is -1.90. The maximum Gasteiger partial charge on any atom is 0.115 e. The maximum absolute atomic E-state index is 4.13. The van der Waals surface area contributed by atoms with Crippen LogP contribution in [0.2, 0.25) is 0 Å². The van der Waals surface area contributed by atoms with E-state index >= 15 is 0 Å². The summed E-state index contributed by atoms with van der Waals surface area (Å²) < 4.78 is 0. The molecule has 2 heterocycles. The van der Waals surface area contributed by atoms with Gasteiger partial charge >= 0.3 is 0 Å². The molecule has 0 radical (unpaired) electrons. The third-order valence-electron chi connectivity index (χ3n) is 1.38. The zero-order valence-electron chi connectivity index (χ0n) is 4.87. The first-order chi connectivity index (χ1) is 4.47. The molecule has 2 rings (SSSR count). The van der Waals surface area contributed by atoms with Gasteiger partial charge in [-0.05, 0) is 0 Å². The number of rotatable bonds is 0. The van der Waals surface area contributed by atoms with Crippen LogP contribution < -0.4 is 0 Å². The van der Waals surface area contributed by atoms with E-state index in [9.17, 15) is 0 Å². The van der Waals surface area contributed by atoms with Crippen molar-refractivity contribution in [3.8, 4) is 0 Å². The molecule has 0 aromatic carbocycles. The van der Waals surface area contributed by atoms with Gasteiger partial charge in [0.2, 0.25) is 0 Å². The van der Waals surface area contributed by atoms with Crippen molar-refractivity contribution < 1.29 is 0 Å². The molecule has 1 aliphatic rings. The number of nitrogens with zero attached hydrogens (tertiary/aromatic N) is 2. The Kier molecular flexibility index (Phi) is 1.16. The highest BCUT2D eigenvalue weighted by molar-refractivity contribution is 7.98. The molecule has 0 saturated heterocycles. The van der Waals surface area contributed by atoms with Gasteiger partial charge in [-0.1, -0.05) is 0 Å². The third-order valence-corrected chi connectivity index (χ3v) is 2.37. The molecule has 1 aliphatic heterocycles. The standard InChI is InChI=1S/C6H6N2S/c1-5-2-9-3-6(5)8-4-7-1/h1,4H,2-3H2. The van der Waals surface area contributed by atoms with Crippen molar-refractivity contribution in [2.24, 2.45) is 0 Å². The average Bonchev–Trinajstić information content (AvgIpc) is 2.33. The second kappa shape index (κ2) is 1.99. The SMILES string of the molecule is c1ncc2c(n1)CSC2. The van der Waals surface area contributed by atoms with Crippen molar-refractivity contribution in [2.75, 3.05) is 0 Å². The van der Waals surface area contributed by atoms with Crippen LogP contribution in [0.4, 0.5) is 0 Å². The van der Waals surface area contributed by atoms with Crippen LogP contribution >= 0.6 is 11.8 Å². The zero-order chi connectivity index (χ0) is 6.10. The van der Waals surface area contributed by atoms with Crippen molar-refractivity contribution in [1.82, 2.24) is 9.97 Å². The zero-order valence-corrected chi connectivity index (χ0v) is 5.69. The molecule has 1 aromatic rings. The van der Waals surface area contributed by atoms with Gasteiger partial charge in [-0.25, -0.2) is 9.97 Å². The highest BCUT2D eigenvalue weighted by atomic mass is 32.2. The van der Waals surface area contributed by atoms with Crippen LogP contribution in [0.5, 0.6) is 0 Å². The molecule has 0 atom stereocenters. The predicted molar refractivity (Wildman–Crippen MR) is 37.0 cm³/mol. The number of aromatic nitrogens is 2.